The van der Waals surface area contributed by atoms with Gasteiger partial charge >= 0.3 is 0 Å². The molecule has 1 saturated heterocycles. The molecule has 76 valence electrons. The van der Waals surface area contributed by atoms with Crippen LogP contribution in [0.2, 0.25) is 0 Å². The van der Waals surface area contributed by atoms with Gasteiger partial charge in [-0.05, 0) is 45.5 Å². The van der Waals surface area contributed by atoms with Gasteiger partial charge in [0.05, 0.1) is 0 Å². The summed E-state index contributed by atoms with van der Waals surface area (Å²) < 4.78 is 0. The maximum atomic E-state index is 5.63. The van der Waals surface area contributed by atoms with Crippen molar-refractivity contribution in [2.45, 2.75) is 25.8 Å². The maximum Gasteiger partial charge on any atom is 0.0201 e. The van der Waals surface area contributed by atoms with Gasteiger partial charge in [-0.1, -0.05) is 11.6 Å². The summed E-state index contributed by atoms with van der Waals surface area (Å²) in [6.45, 7) is 5.48. The van der Waals surface area contributed by atoms with E-state index >= 15 is 0 Å². The Morgan fingerprint density at radius 3 is 2.62 bits per heavy atom. The van der Waals surface area contributed by atoms with Gasteiger partial charge in [-0.2, -0.15) is 0 Å². The lowest BCUT2D eigenvalue weighted by atomic mass is 10.1. The van der Waals surface area contributed by atoms with Gasteiger partial charge in [0, 0.05) is 18.1 Å². The van der Waals surface area contributed by atoms with Crippen molar-refractivity contribution < 1.29 is 0 Å². The van der Waals surface area contributed by atoms with Crippen LogP contribution in [0.5, 0.6) is 0 Å². The topological polar surface area (TPSA) is 15.3 Å². The van der Waals surface area contributed by atoms with Gasteiger partial charge in [0.25, 0.3) is 0 Å². The second-order valence-corrected chi connectivity index (χ2v) is 4.01. The van der Waals surface area contributed by atoms with Gasteiger partial charge in [0.2, 0.25) is 0 Å². The minimum Gasteiger partial charge on any atom is -0.317 e. The van der Waals surface area contributed by atoms with Crippen molar-refractivity contribution in [3.05, 3.63) is 11.1 Å². The van der Waals surface area contributed by atoms with Crippen LogP contribution in [0.1, 0.15) is 19.8 Å². The lowest BCUT2D eigenvalue weighted by Gasteiger charge is -2.31. The average Bonchev–Trinajstić information content (AvgIpc) is 2.19. The normalized spacial score (nSPS) is 22.2. The summed E-state index contributed by atoms with van der Waals surface area (Å²) >= 11 is 5.63. The standard InChI is InChI=1S/C10H19ClN2/c1-9(7-11)8-13-5-3-10(12-2)4-6-13/h7,10,12H,3-6,8H2,1-2H3/b9-7+. The van der Waals surface area contributed by atoms with E-state index in [-0.39, 0.29) is 0 Å². The first-order chi connectivity index (χ1) is 6.26. The van der Waals surface area contributed by atoms with E-state index in [0.29, 0.717) is 0 Å². The van der Waals surface area contributed by atoms with Crippen LogP contribution < -0.4 is 5.32 Å². The van der Waals surface area contributed by atoms with Crippen molar-refractivity contribution >= 4 is 11.6 Å². The third-order valence-corrected chi connectivity index (χ3v) is 3.03. The molecule has 0 aromatic carbocycles. The number of likely N-dealkylation sites (tertiary alicyclic amines) is 1. The van der Waals surface area contributed by atoms with E-state index in [1.165, 1.54) is 31.5 Å². The van der Waals surface area contributed by atoms with Crippen LogP contribution in [-0.2, 0) is 0 Å². The van der Waals surface area contributed by atoms with Crippen LogP contribution in [0.4, 0.5) is 0 Å². The highest BCUT2D eigenvalue weighted by molar-refractivity contribution is 6.25. The first-order valence-electron chi connectivity index (χ1n) is 4.91. The van der Waals surface area contributed by atoms with Gasteiger partial charge in [-0.25, -0.2) is 0 Å². The summed E-state index contributed by atoms with van der Waals surface area (Å²) in [6, 6.07) is 0.719. The highest BCUT2D eigenvalue weighted by Gasteiger charge is 2.17. The van der Waals surface area contributed by atoms with Crippen molar-refractivity contribution in [2.24, 2.45) is 0 Å². The summed E-state index contributed by atoms with van der Waals surface area (Å²) in [5.74, 6) is 0. The zero-order valence-electron chi connectivity index (χ0n) is 8.52. The molecule has 0 unspecified atom stereocenters. The first kappa shape index (κ1) is 11.0. The molecule has 1 rings (SSSR count). The SMILES string of the molecule is CNC1CCN(C/C(C)=C/Cl)CC1. The van der Waals surface area contributed by atoms with E-state index in [4.69, 9.17) is 11.6 Å². The molecule has 0 amide bonds. The lowest BCUT2D eigenvalue weighted by molar-refractivity contribution is 0.216. The Morgan fingerprint density at radius 1 is 1.54 bits per heavy atom. The number of nitrogens with one attached hydrogen (secondary N) is 1. The molecule has 1 fully saturated rings. The van der Waals surface area contributed by atoms with Crippen LogP contribution in [0.15, 0.2) is 11.1 Å². The molecule has 1 N–H and O–H groups in total. The minimum absolute atomic E-state index is 0.719. The van der Waals surface area contributed by atoms with Gasteiger partial charge < -0.3 is 5.32 Å². The molecule has 0 bridgehead atoms. The van der Waals surface area contributed by atoms with E-state index in [1.807, 2.05) is 7.05 Å². The van der Waals surface area contributed by atoms with E-state index in [0.717, 1.165) is 12.6 Å². The van der Waals surface area contributed by atoms with Crippen molar-refractivity contribution in [1.82, 2.24) is 10.2 Å². The third-order valence-electron chi connectivity index (χ3n) is 2.66. The van der Waals surface area contributed by atoms with Crippen molar-refractivity contribution in [3.8, 4) is 0 Å². The molecule has 0 spiro atoms. The molecular weight excluding hydrogens is 184 g/mol. The Labute approximate surface area is 85.9 Å². The molecule has 0 aromatic heterocycles. The number of hydrogen-bond donors (Lipinski definition) is 1. The molecule has 0 aromatic rings. The molecule has 3 heteroatoms. The largest absolute Gasteiger partial charge is 0.317 e. The Bertz CT molecular complexity index is 172. The van der Waals surface area contributed by atoms with Crippen LogP contribution in [0.3, 0.4) is 0 Å². The average molecular weight is 203 g/mol. The van der Waals surface area contributed by atoms with Crippen LogP contribution in [0, 0.1) is 0 Å². The van der Waals surface area contributed by atoms with E-state index in [1.54, 1.807) is 5.54 Å². The third kappa shape index (κ3) is 3.67. The van der Waals surface area contributed by atoms with Crippen LogP contribution in [0.25, 0.3) is 0 Å². The van der Waals surface area contributed by atoms with E-state index < -0.39 is 0 Å². The lowest BCUT2D eigenvalue weighted by Crippen LogP contribution is -2.41. The summed E-state index contributed by atoms with van der Waals surface area (Å²) in [4.78, 5) is 2.46. The van der Waals surface area contributed by atoms with Crippen molar-refractivity contribution in [2.75, 3.05) is 26.7 Å². The van der Waals surface area contributed by atoms with Crippen LogP contribution >= 0.6 is 11.6 Å². The summed E-state index contributed by atoms with van der Waals surface area (Å²) in [7, 11) is 2.05. The Morgan fingerprint density at radius 2 is 2.15 bits per heavy atom. The monoisotopic (exact) mass is 202 g/mol. The zero-order chi connectivity index (χ0) is 9.68. The number of hydrogen-bond acceptors (Lipinski definition) is 2. The Hall–Kier alpha value is -0.0500. The Kier molecular flexibility index (Phi) is 4.78. The molecule has 0 saturated carbocycles. The predicted octanol–water partition coefficient (Wildman–Crippen LogP) is 1.81. The molecule has 1 aliphatic rings. The highest BCUT2D eigenvalue weighted by atomic mass is 35.5. The summed E-state index contributed by atoms with van der Waals surface area (Å²) in [5, 5.41) is 3.32. The van der Waals surface area contributed by atoms with Crippen molar-refractivity contribution in [3.63, 3.8) is 0 Å². The number of nitrogens with zero attached hydrogens (tertiary/aromatic N) is 1. The maximum absolute atomic E-state index is 5.63. The first-order valence-corrected chi connectivity index (χ1v) is 5.35. The van der Waals surface area contributed by atoms with Gasteiger partial charge in [-0.15, -0.1) is 0 Å². The number of piperidine rings is 1. The summed E-state index contributed by atoms with van der Waals surface area (Å²) in [6.07, 6.45) is 2.51. The predicted molar refractivity (Wildman–Crippen MR) is 58.1 cm³/mol. The number of rotatable bonds is 3. The molecule has 1 heterocycles. The fourth-order valence-corrected chi connectivity index (χ4v) is 1.84. The fraction of sp³-hybridized carbons (Fsp3) is 0.800. The van der Waals surface area contributed by atoms with Gasteiger partial charge in [0.1, 0.15) is 0 Å². The molecule has 13 heavy (non-hydrogen) atoms. The molecule has 0 radical (unpaired) electrons. The highest BCUT2D eigenvalue weighted by Crippen LogP contribution is 2.11. The van der Waals surface area contributed by atoms with Crippen molar-refractivity contribution in [1.29, 1.82) is 0 Å². The summed E-state index contributed by atoms with van der Waals surface area (Å²) in [5.41, 5.74) is 2.94. The quantitative estimate of drug-likeness (QED) is 0.751. The molecule has 0 aliphatic carbocycles. The molecular formula is C10H19ClN2. The molecule has 2 nitrogen and oxygen atoms in total. The zero-order valence-corrected chi connectivity index (χ0v) is 9.27. The minimum atomic E-state index is 0.719. The number of halogens is 1. The molecule has 1 aliphatic heterocycles. The van der Waals surface area contributed by atoms with Gasteiger partial charge in [-0.3, -0.25) is 4.90 Å². The molecule has 0 atom stereocenters. The second-order valence-electron chi connectivity index (χ2n) is 3.79. The van der Waals surface area contributed by atoms with E-state index in [9.17, 15) is 0 Å². The van der Waals surface area contributed by atoms with E-state index in [2.05, 4.69) is 17.1 Å². The van der Waals surface area contributed by atoms with Crippen LogP contribution in [-0.4, -0.2) is 37.6 Å². The second kappa shape index (κ2) is 5.63. The smallest absolute Gasteiger partial charge is 0.0201 e. The van der Waals surface area contributed by atoms with Gasteiger partial charge in [0.15, 0.2) is 0 Å². The Balaban J connectivity index is 2.25. The fourth-order valence-electron chi connectivity index (χ4n) is 1.77.